The van der Waals surface area contributed by atoms with Crippen LogP contribution in [0.4, 0.5) is 0 Å². The third-order valence-electron chi connectivity index (χ3n) is 3.71. The van der Waals surface area contributed by atoms with Crippen LogP contribution in [-0.2, 0) is 19.0 Å². The van der Waals surface area contributed by atoms with Crippen molar-refractivity contribution in [2.24, 2.45) is 16.8 Å². The zero-order chi connectivity index (χ0) is 12.3. The monoisotopic (exact) mass is 279 g/mol. The molecular weight excluding hydrogens is 269 g/mol. The molecule has 17 heavy (non-hydrogen) atoms. The minimum Gasteiger partial charge on any atom is -0.449 e. The zero-order valence-corrected chi connectivity index (χ0v) is 10.6. The Labute approximate surface area is 108 Å². The Hall–Kier alpha value is -0.360. The number of ether oxygens (including phenoxy) is 3. The highest BCUT2D eigenvalue weighted by atomic mass is 35.5. The van der Waals surface area contributed by atoms with Crippen LogP contribution in [0.2, 0.25) is 0 Å². The molecule has 2 fully saturated rings. The SMILES string of the molecule is C[C@]12OC(=O)[C@](Cl)(N=C1Cl)C1COCOCC12. The van der Waals surface area contributed by atoms with Gasteiger partial charge >= 0.3 is 5.97 Å². The molecule has 0 saturated carbocycles. The van der Waals surface area contributed by atoms with Gasteiger partial charge in [-0.1, -0.05) is 23.2 Å². The molecular formula is C10H11Cl2NO4. The molecule has 2 bridgehead atoms. The number of hydrogen-bond acceptors (Lipinski definition) is 5. The van der Waals surface area contributed by atoms with Crippen LogP contribution >= 0.6 is 23.2 Å². The first-order valence-corrected chi connectivity index (χ1v) is 6.08. The van der Waals surface area contributed by atoms with Gasteiger partial charge in [-0.25, -0.2) is 9.79 Å². The Morgan fingerprint density at radius 2 is 2.00 bits per heavy atom. The van der Waals surface area contributed by atoms with E-state index in [1.165, 1.54) is 0 Å². The number of esters is 1. The van der Waals surface area contributed by atoms with E-state index in [4.69, 9.17) is 37.4 Å². The first kappa shape index (κ1) is 11.7. The van der Waals surface area contributed by atoms with Crippen molar-refractivity contribution in [1.82, 2.24) is 0 Å². The van der Waals surface area contributed by atoms with Gasteiger partial charge in [0.05, 0.1) is 13.2 Å². The lowest BCUT2D eigenvalue weighted by Crippen LogP contribution is -2.67. The Bertz CT molecular complexity index is 415. The van der Waals surface area contributed by atoms with Gasteiger partial charge in [-0.15, -0.1) is 0 Å². The van der Waals surface area contributed by atoms with E-state index < -0.39 is 16.6 Å². The molecule has 4 aliphatic heterocycles. The first-order chi connectivity index (χ1) is 7.98. The molecule has 2 unspecified atom stereocenters. The van der Waals surface area contributed by atoms with E-state index in [9.17, 15) is 4.79 Å². The Morgan fingerprint density at radius 1 is 1.35 bits per heavy atom. The third kappa shape index (κ3) is 1.40. The molecule has 4 rings (SSSR count). The molecule has 0 spiro atoms. The van der Waals surface area contributed by atoms with Gasteiger partial charge in [-0.2, -0.15) is 0 Å². The molecule has 5 nitrogen and oxygen atoms in total. The standard InChI is InChI=1S/C10H11Cl2NO4/c1-9-5-2-15-4-16-3-6(5)10(12,8(14)17-9)13-7(9)11/h5-6H,2-4H2,1H3/t5?,6?,9-,10-/m1/s1. The van der Waals surface area contributed by atoms with Crippen molar-refractivity contribution < 1.29 is 19.0 Å². The summed E-state index contributed by atoms with van der Waals surface area (Å²) in [4.78, 5) is 14.5. The minimum atomic E-state index is -1.47. The van der Waals surface area contributed by atoms with Gasteiger partial charge in [-0.05, 0) is 6.92 Å². The Morgan fingerprint density at radius 3 is 2.71 bits per heavy atom. The molecule has 0 aromatic rings. The van der Waals surface area contributed by atoms with Crippen LogP contribution in [0.1, 0.15) is 6.92 Å². The van der Waals surface area contributed by atoms with Gasteiger partial charge in [0.2, 0.25) is 5.00 Å². The second-order valence-corrected chi connectivity index (χ2v) is 5.58. The fourth-order valence-corrected chi connectivity index (χ4v) is 3.32. The number of carbonyl (C=O) groups is 1. The summed E-state index contributed by atoms with van der Waals surface area (Å²) >= 11 is 12.3. The number of carbonyl (C=O) groups excluding carboxylic acids is 1. The predicted octanol–water partition coefficient (Wildman–Crippen LogP) is 1.12. The normalized spacial score (nSPS) is 49.1. The van der Waals surface area contributed by atoms with E-state index in [0.29, 0.717) is 13.2 Å². The highest BCUT2D eigenvalue weighted by molar-refractivity contribution is 6.68. The summed E-state index contributed by atoms with van der Waals surface area (Å²) < 4.78 is 16.0. The van der Waals surface area contributed by atoms with Crippen molar-refractivity contribution in [3.8, 4) is 0 Å². The number of halogens is 2. The summed E-state index contributed by atoms with van der Waals surface area (Å²) in [5, 5.41) is 0.221. The molecule has 2 saturated heterocycles. The lowest BCUT2D eigenvalue weighted by atomic mass is 9.71. The molecule has 0 N–H and O–H groups in total. The van der Waals surface area contributed by atoms with Crippen molar-refractivity contribution in [1.29, 1.82) is 0 Å². The summed E-state index contributed by atoms with van der Waals surface area (Å²) in [7, 11) is 0. The van der Waals surface area contributed by atoms with Crippen LogP contribution in [0.3, 0.4) is 0 Å². The van der Waals surface area contributed by atoms with E-state index in [-0.39, 0.29) is 23.8 Å². The van der Waals surface area contributed by atoms with E-state index in [1.807, 2.05) is 0 Å². The van der Waals surface area contributed by atoms with Crippen LogP contribution in [0.25, 0.3) is 0 Å². The predicted molar refractivity (Wildman–Crippen MR) is 60.1 cm³/mol. The second-order valence-electron chi connectivity index (χ2n) is 4.64. The topological polar surface area (TPSA) is 57.1 Å². The van der Waals surface area contributed by atoms with Crippen molar-refractivity contribution in [3.05, 3.63) is 0 Å². The van der Waals surface area contributed by atoms with Crippen LogP contribution in [-0.4, -0.2) is 41.7 Å². The number of alkyl halides is 1. The van der Waals surface area contributed by atoms with Crippen LogP contribution < -0.4 is 0 Å². The summed E-state index contributed by atoms with van der Waals surface area (Å²) in [6.07, 6.45) is 0. The molecule has 4 atom stereocenters. The Balaban J connectivity index is 2.12. The highest BCUT2D eigenvalue weighted by Crippen LogP contribution is 2.52. The smallest absolute Gasteiger partial charge is 0.351 e. The average molecular weight is 280 g/mol. The number of nitrogens with zero attached hydrogens (tertiary/aromatic N) is 1. The fourth-order valence-electron chi connectivity index (χ4n) is 2.63. The summed E-state index contributed by atoms with van der Waals surface area (Å²) in [6, 6.07) is 0. The first-order valence-electron chi connectivity index (χ1n) is 5.32. The molecule has 0 radical (unpaired) electrons. The van der Waals surface area contributed by atoms with Crippen molar-refractivity contribution in [3.63, 3.8) is 0 Å². The van der Waals surface area contributed by atoms with E-state index in [2.05, 4.69) is 4.99 Å². The maximum atomic E-state index is 11.9. The fraction of sp³-hybridized carbons (Fsp3) is 0.800. The quantitative estimate of drug-likeness (QED) is 0.379. The number of hydrogen-bond donors (Lipinski definition) is 0. The maximum absolute atomic E-state index is 11.9. The lowest BCUT2D eigenvalue weighted by molar-refractivity contribution is -0.181. The number of aliphatic imine (C=N–C) groups is 1. The molecule has 7 heteroatoms. The summed E-state index contributed by atoms with van der Waals surface area (Å²) in [5.74, 6) is -0.969. The Kier molecular flexibility index (Phi) is 2.46. The van der Waals surface area contributed by atoms with Crippen molar-refractivity contribution >= 4 is 34.3 Å². The van der Waals surface area contributed by atoms with Gasteiger partial charge < -0.3 is 14.2 Å². The van der Waals surface area contributed by atoms with Gasteiger partial charge in [0.1, 0.15) is 12.0 Å². The van der Waals surface area contributed by atoms with E-state index in [1.54, 1.807) is 6.92 Å². The minimum absolute atomic E-state index is 0.134. The van der Waals surface area contributed by atoms with E-state index in [0.717, 1.165) is 0 Å². The molecule has 94 valence electrons. The lowest BCUT2D eigenvalue weighted by Gasteiger charge is -2.52. The molecule has 0 aromatic carbocycles. The van der Waals surface area contributed by atoms with Crippen LogP contribution in [0.15, 0.2) is 4.99 Å². The molecule has 0 aliphatic carbocycles. The molecule has 0 amide bonds. The number of rotatable bonds is 0. The van der Waals surface area contributed by atoms with Crippen LogP contribution in [0.5, 0.6) is 0 Å². The molecule has 4 aliphatic rings. The molecule has 0 aromatic heterocycles. The van der Waals surface area contributed by atoms with Crippen molar-refractivity contribution in [2.45, 2.75) is 17.5 Å². The zero-order valence-electron chi connectivity index (χ0n) is 9.11. The van der Waals surface area contributed by atoms with Crippen LogP contribution in [0, 0.1) is 11.8 Å². The van der Waals surface area contributed by atoms with Gasteiger partial charge in [0, 0.05) is 11.8 Å². The van der Waals surface area contributed by atoms with Crippen molar-refractivity contribution in [2.75, 3.05) is 20.0 Å². The second kappa shape index (κ2) is 3.57. The summed E-state index contributed by atoms with van der Waals surface area (Å²) in [5.41, 5.74) is -0.951. The van der Waals surface area contributed by atoms with Gasteiger partial charge in [-0.3, -0.25) is 0 Å². The third-order valence-corrected chi connectivity index (χ3v) is 4.69. The van der Waals surface area contributed by atoms with Gasteiger partial charge in [0.25, 0.3) is 0 Å². The largest absolute Gasteiger partial charge is 0.449 e. The number of fused-ring (bicyclic) bond motifs is 1. The maximum Gasteiger partial charge on any atom is 0.351 e. The average Bonchev–Trinajstić information content (AvgIpc) is 2.51. The van der Waals surface area contributed by atoms with E-state index >= 15 is 0 Å². The summed E-state index contributed by atoms with van der Waals surface area (Å²) in [6.45, 7) is 2.61. The van der Waals surface area contributed by atoms with Gasteiger partial charge in [0.15, 0.2) is 5.60 Å². The highest BCUT2D eigenvalue weighted by Gasteiger charge is 2.66. The molecule has 4 heterocycles.